The van der Waals surface area contributed by atoms with Crippen molar-refractivity contribution in [3.05, 3.63) is 0 Å². The quantitative estimate of drug-likeness (QED) is 0.586. The normalized spacial score (nSPS) is 45.0. The summed E-state index contributed by atoms with van der Waals surface area (Å²) in [6, 6.07) is 0. The molecule has 27 heavy (non-hydrogen) atoms. The van der Waals surface area contributed by atoms with E-state index in [1.54, 1.807) is 0 Å². The van der Waals surface area contributed by atoms with Crippen LogP contribution in [0.2, 0.25) is 0 Å². The van der Waals surface area contributed by atoms with E-state index in [4.69, 9.17) is 0 Å². The van der Waals surface area contributed by atoms with E-state index in [1.165, 1.54) is 25.7 Å². The zero-order valence-electron chi connectivity index (χ0n) is 19.5. The molecule has 2 N–H and O–H groups in total. The third-order valence-corrected chi connectivity index (χ3v) is 6.88. The molecule has 1 saturated heterocycles. The molecule has 0 amide bonds. The zero-order chi connectivity index (χ0) is 20.6. The summed E-state index contributed by atoms with van der Waals surface area (Å²) in [5.74, 6) is 4.15. The first-order valence-corrected chi connectivity index (χ1v) is 12.0. The maximum Gasteiger partial charge on any atom is 0.104 e. The molecule has 0 bridgehead atoms. The van der Waals surface area contributed by atoms with Crippen LogP contribution in [0.25, 0.3) is 0 Å². The average Bonchev–Trinajstić information content (AvgIpc) is 2.64. The molecule has 2 aliphatic carbocycles. The first kappa shape index (κ1) is 24.9. The smallest absolute Gasteiger partial charge is 0.104 e. The van der Waals surface area contributed by atoms with Crippen LogP contribution < -0.4 is 10.6 Å². The molecule has 3 heteroatoms. The summed E-state index contributed by atoms with van der Waals surface area (Å²) in [7, 11) is 0. The van der Waals surface area contributed by atoms with Gasteiger partial charge in [-0.15, -0.1) is 0 Å². The van der Waals surface area contributed by atoms with E-state index in [1.807, 2.05) is 27.7 Å². The SMILES string of the molecule is CC.CC.CC1CNC(C2CC(C)C(C3CC(C)CC(C)C3)C(F)C2)NC1. The molecule has 0 spiro atoms. The van der Waals surface area contributed by atoms with Crippen molar-refractivity contribution in [3.8, 4) is 0 Å². The molecule has 3 aliphatic rings. The Morgan fingerprint density at radius 2 is 1.15 bits per heavy atom. The number of halogens is 1. The molecule has 6 atom stereocenters. The zero-order valence-corrected chi connectivity index (χ0v) is 19.5. The minimum absolute atomic E-state index is 0.305. The standard InChI is InChI=1S/C20H37FN2.2C2H6/c1-12-5-13(2)7-16(6-12)19-15(4)8-17(9-18(19)21)20-22-10-14(3)11-23-20;2*1-2/h12-20,22-23H,5-11H2,1-4H3;2*1-2H3. The van der Waals surface area contributed by atoms with Gasteiger partial charge < -0.3 is 10.6 Å². The summed E-state index contributed by atoms with van der Waals surface area (Å²) in [4.78, 5) is 0. The van der Waals surface area contributed by atoms with Gasteiger partial charge in [0, 0.05) is 13.1 Å². The third kappa shape index (κ3) is 6.99. The molecule has 1 heterocycles. The van der Waals surface area contributed by atoms with E-state index in [0.29, 0.717) is 35.8 Å². The van der Waals surface area contributed by atoms with Crippen LogP contribution in [-0.4, -0.2) is 25.4 Å². The minimum Gasteiger partial charge on any atom is -0.301 e. The molecule has 2 saturated carbocycles. The van der Waals surface area contributed by atoms with Crippen LogP contribution in [-0.2, 0) is 0 Å². The van der Waals surface area contributed by atoms with E-state index in [9.17, 15) is 0 Å². The second-order valence-corrected chi connectivity index (χ2v) is 9.38. The summed E-state index contributed by atoms with van der Waals surface area (Å²) in [6.07, 6.45) is 5.51. The van der Waals surface area contributed by atoms with E-state index >= 15 is 4.39 Å². The predicted molar refractivity (Wildman–Crippen MR) is 118 cm³/mol. The summed E-state index contributed by atoms with van der Waals surface area (Å²) in [6.45, 7) is 19.4. The van der Waals surface area contributed by atoms with Gasteiger partial charge in [0.15, 0.2) is 0 Å². The van der Waals surface area contributed by atoms with Gasteiger partial charge in [-0.3, -0.25) is 0 Å². The fourth-order valence-corrected chi connectivity index (χ4v) is 6.02. The van der Waals surface area contributed by atoms with Gasteiger partial charge in [0.05, 0.1) is 6.17 Å². The van der Waals surface area contributed by atoms with Crippen LogP contribution in [0.15, 0.2) is 0 Å². The van der Waals surface area contributed by atoms with Crippen molar-refractivity contribution in [2.24, 2.45) is 41.4 Å². The van der Waals surface area contributed by atoms with E-state index in [0.717, 1.165) is 31.3 Å². The molecule has 2 nitrogen and oxygen atoms in total. The summed E-state index contributed by atoms with van der Waals surface area (Å²) >= 11 is 0. The van der Waals surface area contributed by atoms with Gasteiger partial charge in [-0.25, -0.2) is 4.39 Å². The molecule has 3 rings (SSSR count). The lowest BCUT2D eigenvalue weighted by molar-refractivity contribution is -0.00532. The Kier molecular flexibility index (Phi) is 11.4. The van der Waals surface area contributed by atoms with Crippen molar-refractivity contribution in [2.45, 2.75) is 99.8 Å². The Hall–Kier alpha value is -0.150. The second-order valence-electron chi connectivity index (χ2n) is 9.38. The average molecular weight is 385 g/mol. The number of alkyl halides is 1. The third-order valence-electron chi connectivity index (χ3n) is 6.88. The summed E-state index contributed by atoms with van der Waals surface area (Å²) < 4.78 is 15.2. The number of hydrogen-bond donors (Lipinski definition) is 2. The van der Waals surface area contributed by atoms with Crippen molar-refractivity contribution in [1.82, 2.24) is 10.6 Å². The summed E-state index contributed by atoms with van der Waals surface area (Å²) in [5, 5.41) is 7.22. The van der Waals surface area contributed by atoms with Crippen molar-refractivity contribution in [1.29, 1.82) is 0 Å². The maximum atomic E-state index is 15.2. The molecular formula is C24H49FN2. The first-order chi connectivity index (χ1) is 12.9. The summed E-state index contributed by atoms with van der Waals surface area (Å²) in [5.41, 5.74) is 0. The van der Waals surface area contributed by atoms with Gasteiger partial charge in [0.1, 0.15) is 6.17 Å². The molecule has 0 aromatic heterocycles. The number of hydrogen-bond acceptors (Lipinski definition) is 2. The van der Waals surface area contributed by atoms with Crippen molar-refractivity contribution >= 4 is 0 Å². The first-order valence-electron chi connectivity index (χ1n) is 12.0. The fraction of sp³-hybridized carbons (Fsp3) is 1.00. The largest absolute Gasteiger partial charge is 0.301 e. The second kappa shape index (κ2) is 12.4. The lowest BCUT2D eigenvalue weighted by atomic mass is 9.62. The molecule has 0 aromatic carbocycles. The van der Waals surface area contributed by atoms with Crippen LogP contribution >= 0.6 is 0 Å². The van der Waals surface area contributed by atoms with Crippen LogP contribution in [0.5, 0.6) is 0 Å². The Labute approximate surface area is 169 Å². The van der Waals surface area contributed by atoms with Crippen molar-refractivity contribution in [3.63, 3.8) is 0 Å². The van der Waals surface area contributed by atoms with Crippen LogP contribution in [0, 0.1) is 41.4 Å². The van der Waals surface area contributed by atoms with Gasteiger partial charge in [-0.2, -0.15) is 0 Å². The predicted octanol–water partition coefficient (Wildman–Crippen LogP) is 6.27. The number of nitrogens with one attached hydrogen (secondary N) is 2. The highest BCUT2D eigenvalue weighted by Crippen LogP contribution is 2.47. The van der Waals surface area contributed by atoms with E-state index in [-0.39, 0.29) is 0 Å². The van der Waals surface area contributed by atoms with Crippen LogP contribution in [0.4, 0.5) is 4.39 Å². The minimum atomic E-state index is -0.603. The lowest BCUT2D eigenvalue weighted by Crippen LogP contribution is -2.57. The highest BCUT2D eigenvalue weighted by Gasteiger charge is 2.44. The van der Waals surface area contributed by atoms with Gasteiger partial charge >= 0.3 is 0 Å². The molecular weight excluding hydrogens is 335 g/mol. The Morgan fingerprint density at radius 1 is 0.630 bits per heavy atom. The highest BCUT2D eigenvalue weighted by molar-refractivity contribution is 4.94. The van der Waals surface area contributed by atoms with Gasteiger partial charge in [-0.1, -0.05) is 55.4 Å². The molecule has 3 fully saturated rings. The van der Waals surface area contributed by atoms with E-state index in [2.05, 4.69) is 38.3 Å². The van der Waals surface area contributed by atoms with Gasteiger partial charge in [0.25, 0.3) is 0 Å². The monoisotopic (exact) mass is 384 g/mol. The fourth-order valence-electron chi connectivity index (χ4n) is 6.02. The van der Waals surface area contributed by atoms with Gasteiger partial charge in [-0.05, 0) is 73.5 Å². The van der Waals surface area contributed by atoms with Crippen LogP contribution in [0.3, 0.4) is 0 Å². The highest BCUT2D eigenvalue weighted by atomic mass is 19.1. The molecule has 0 aromatic rings. The van der Waals surface area contributed by atoms with E-state index < -0.39 is 6.17 Å². The molecule has 1 aliphatic heterocycles. The maximum absolute atomic E-state index is 15.2. The van der Waals surface area contributed by atoms with Gasteiger partial charge in [0.2, 0.25) is 0 Å². The Bertz CT molecular complexity index is 359. The van der Waals surface area contributed by atoms with Crippen molar-refractivity contribution in [2.75, 3.05) is 13.1 Å². The molecule has 162 valence electrons. The number of rotatable bonds is 2. The Balaban J connectivity index is 0.000000855. The van der Waals surface area contributed by atoms with Crippen LogP contribution in [0.1, 0.15) is 87.5 Å². The lowest BCUT2D eigenvalue weighted by Gasteiger charge is -2.47. The molecule has 0 radical (unpaired) electrons. The topological polar surface area (TPSA) is 24.1 Å². The van der Waals surface area contributed by atoms with Crippen molar-refractivity contribution < 1.29 is 4.39 Å². The molecule has 6 unspecified atom stereocenters. The Morgan fingerprint density at radius 3 is 1.63 bits per heavy atom.